The summed E-state index contributed by atoms with van der Waals surface area (Å²) < 4.78 is 0. The normalized spacial score (nSPS) is 21.7. The van der Waals surface area contributed by atoms with Gasteiger partial charge in [0.15, 0.2) is 0 Å². The second-order valence-corrected chi connectivity index (χ2v) is 5.44. The van der Waals surface area contributed by atoms with E-state index < -0.39 is 0 Å². The van der Waals surface area contributed by atoms with Crippen LogP contribution in [0.15, 0.2) is 0 Å². The third-order valence-corrected chi connectivity index (χ3v) is 3.52. The zero-order valence-electron chi connectivity index (χ0n) is 11.7. The molecule has 1 fully saturated rings. The Hall–Kier alpha value is -0.160. The van der Waals surface area contributed by atoms with Gasteiger partial charge in [0.2, 0.25) is 0 Å². The van der Waals surface area contributed by atoms with Gasteiger partial charge in [0.05, 0.1) is 6.10 Å². The van der Waals surface area contributed by atoms with E-state index in [2.05, 4.69) is 36.0 Å². The van der Waals surface area contributed by atoms with E-state index in [1.54, 1.807) is 0 Å². The summed E-state index contributed by atoms with van der Waals surface area (Å²) in [6.07, 6.45) is 0.986. The maximum Gasteiger partial charge on any atom is 0.0793 e. The van der Waals surface area contributed by atoms with Crippen LogP contribution in [-0.2, 0) is 0 Å². The predicted octanol–water partition coefficient (Wildman–Crippen LogP) is 0.230. The number of nitrogens with zero attached hydrogens (tertiary/aromatic N) is 2. The third kappa shape index (κ3) is 6.36. The first kappa shape index (κ1) is 14.9. The van der Waals surface area contributed by atoms with Gasteiger partial charge in [0, 0.05) is 45.8 Å². The predicted molar refractivity (Wildman–Crippen MR) is 72.3 cm³/mol. The zero-order valence-corrected chi connectivity index (χ0v) is 11.7. The van der Waals surface area contributed by atoms with Crippen LogP contribution < -0.4 is 5.32 Å². The molecule has 1 saturated heterocycles. The second-order valence-electron chi connectivity index (χ2n) is 5.44. The van der Waals surface area contributed by atoms with Crippen LogP contribution >= 0.6 is 0 Å². The summed E-state index contributed by atoms with van der Waals surface area (Å²) in [5, 5.41) is 13.4. The highest BCUT2D eigenvalue weighted by molar-refractivity contribution is 4.73. The molecule has 0 aromatic heterocycles. The van der Waals surface area contributed by atoms with E-state index in [0.717, 1.165) is 45.8 Å². The monoisotopic (exact) mass is 243 g/mol. The number of hydrogen-bond donors (Lipinski definition) is 2. The Morgan fingerprint density at radius 2 is 1.94 bits per heavy atom. The topological polar surface area (TPSA) is 38.7 Å². The zero-order chi connectivity index (χ0) is 12.7. The van der Waals surface area contributed by atoms with Crippen LogP contribution in [0.2, 0.25) is 0 Å². The molecule has 0 spiro atoms. The Morgan fingerprint density at radius 3 is 2.53 bits per heavy atom. The average molecular weight is 243 g/mol. The minimum absolute atomic E-state index is 0.220. The lowest BCUT2D eigenvalue weighted by atomic mass is 10.1. The smallest absolute Gasteiger partial charge is 0.0793 e. The van der Waals surface area contributed by atoms with Crippen LogP contribution in [-0.4, -0.2) is 73.9 Å². The lowest BCUT2D eigenvalue weighted by Gasteiger charge is -2.31. The second kappa shape index (κ2) is 8.03. The summed E-state index contributed by atoms with van der Waals surface area (Å²) in [5.74, 6) is 0.714. The Bertz CT molecular complexity index is 195. The first-order valence-corrected chi connectivity index (χ1v) is 6.91. The molecule has 4 heteroatoms. The highest BCUT2D eigenvalue weighted by atomic mass is 16.3. The fourth-order valence-electron chi connectivity index (χ4n) is 2.34. The van der Waals surface area contributed by atoms with E-state index in [0.29, 0.717) is 5.92 Å². The number of likely N-dealkylation sites (N-methyl/N-ethyl adjacent to an activating group) is 1. The number of hydrogen-bond acceptors (Lipinski definition) is 4. The molecule has 1 aliphatic heterocycles. The van der Waals surface area contributed by atoms with Crippen molar-refractivity contribution >= 4 is 0 Å². The van der Waals surface area contributed by atoms with Gasteiger partial charge < -0.3 is 15.3 Å². The van der Waals surface area contributed by atoms with Crippen LogP contribution in [0.4, 0.5) is 0 Å². The quantitative estimate of drug-likeness (QED) is 0.671. The molecule has 0 aliphatic carbocycles. The summed E-state index contributed by atoms with van der Waals surface area (Å²) >= 11 is 0. The number of piperazine rings is 1. The molecular weight excluding hydrogens is 214 g/mol. The molecule has 1 aliphatic rings. The van der Waals surface area contributed by atoms with Crippen LogP contribution in [0.25, 0.3) is 0 Å². The van der Waals surface area contributed by atoms with E-state index in [-0.39, 0.29) is 6.10 Å². The van der Waals surface area contributed by atoms with Gasteiger partial charge in [-0.1, -0.05) is 20.3 Å². The van der Waals surface area contributed by atoms with Gasteiger partial charge in [-0.25, -0.2) is 0 Å². The summed E-state index contributed by atoms with van der Waals surface area (Å²) in [6.45, 7) is 11.4. The maximum absolute atomic E-state index is 10.1. The fraction of sp³-hybridized carbons (Fsp3) is 1.00. The molecule has 0 amide bonds. The van der Waals surface area contributed by atoms with Crippen molar-refractivity contribution in [2.45, 2.75) is 26.4 Å². The fourth-order valence-corrected chi connectivity index (χ4v) is 2.34. The van der Waals surface area contributed by atoms with Gasteiger partial charge in [-0.15, -0.1) is 0 Å². The standard InChI is InChI=1S/C13H29N3O/c1-4-12(2)9-15(3)10-13(17)11-16-7-5-14-6-8-16/h12-14,17H,4-11H2,1-3H3. The van der Waals surface area contributed by atoms with Crippen molar-refractivity contribution in [3.63, 3.8) is 0 Å². The molecule has 0 radical (unpaired) electrons. The highest BCUT2D eigenvalue weighted by Crippen LogP contribution is 2.04. The van der Waals surface area contributed by atoms with Gasteiger partial charge in [-0.2, -0.15) is 0 Å². The molecule has 2 unspecified atom stereocenters. The SMILES string of the molecule is CCC(C)CN(C)CC(O)CN1CCNCC1. The lowest BCUT2D eigenvalue weighted by Crippen LogP contribution is -2.48. The van der Waals surface area contributed by atoms with Crippen molar-refractivity contribution in [1.82, 2.24) is 15.1 Å². The summed E-state index contributed by atoms with van der Waals surface area (Å²) in [6, 6.07) is 0. The summed E-state index contributed by atoms with van der Waals surface area (Å²) in [5.41, 5.74) is 0. The Kier molecular flexibility index (Phi) is 7.04. The Morgan fingerprint density at radius 1 is 1.29 bits per heavy atom. The molecule has 0 aromatic carbocycles. The third-order valence-electron chi connectivity index (χ3n) is 3.52. The molecule has 2 N–H and O–H groups in total. The number of aliphatic hydroxyl groups excluding tert-OH is 1. The molecule has 4 nitrogen and oxygen atoms in total. The van der Waals surface area contributed by atoms with Crippen molar-refractivity contribution in [2.75, 3.05) is 52.9 Å². The van der Waals surface area contributed by atoms with Gasteiger partial charge in [0.1, 0.15) is 0 Å². The van der Waals surface area contributed by atoms with Crippen molar-refractivity contribution in [3.8, 4) is 0 Å². The van der Waals surface area contributed by atoms with Crippen molar-refractivity contribution < 1.29 is 5.11 Å². The number of β-amino-alcohol motifs (C(OH)–C–C–N with tert-alkyl or cyclic N) is 1. The molecule has 0 aromatic rings. The number of aliphatic hydroxyl groups is 1. The molecule has 102 valence electrons. The summed E-state index contributed by atoms with van der Waals surface area (Å²) in [4.78, 5) is 4.60. The highest BCUT2D eigenvalue weighted by Gasteiger charge is 2.16. The minimum Gasteiger partial charge on any atom is -0.390 e. The molecule has 1 heterocycles. The largest absolute Gasteiger partial charge is 0.390 e. The number of nitrogens with one attached hydrogen (secondary N) is 1. The van der Waals surface area contributed by atoms with E-state index in [4.69, 9.17) is 0 Å². The van der Waals surface area contributed by atoms with Gasteiger partial charge >= 0.3 is 0 Å². The maximum atomic E-state index is 10.1. The van der Waals surface area contributed by atoms with E-state index >= 15 is 0 Å². The van der Waals surface area contributed by atoms with Gasteiger partial charge in [-0.3, -0.25) is 4.90 Å². The molecular formula is C13H29N3O. The molecule has 0 bridgehead atoms. The Labute approximate surface area is 106 Å². The molecule has 1 rings (SSSR count). The van der Waals surface area contributed by atoms with Crippen molar-refractivity contribution in [1.29, 1.82) is 0 Å². The van der Waals surface area contributed by atoms with Crippen molar-refractivity contribution in [2.24, 2.45) is 5.92 Å². The Balaban J connectivity index is 2.16. The van der Waals surface area contributed by atoms with Gasteiger partial charge in [0.25, 0.3) is 0 Å². The number of rotatable bonds is 7. The molecule has 2 atom stereocenters. The minimum atomic E-state index is -0.220. The first-order chi connectivity index (χ1) is 8.11. The molecule has 0 saturated carbocycles. The van der Waals surface area contributed by atoms with Crippen LogP contribution in [0.5, 0.6) is 0 Å². The average Bonchev–Trinajstić information content (AvgIpc) is 2.29. The van der Waals surface area contributed by atoms with Crippen molar-refractivity contribution in [3.05, 3.63) is 0 Å². The van der Waals surface area contributed by atoms with E-state index in [9.17, 15) is 5.11 Å². The van der Waals surface area contributed by atoms with Crippen LogP contribution in [0.1, 0.15) is 20.3 Å². The van der Waals surface area contributed by atoms with E-state index in [1.165, 1.54) is 6.42 Å². The summed E-state index contributed by atoms with van der Waals surface area (Å²) in [7, 11) is 2.10. The molecule has 17 heavy (non-hydrogen) atoms. The first-order valence-electron chi connectivity index (χ1n) is 6.91. The van der Waals surface area contributed by atoms with E-state index in [1.807, 2.05) is 0 Å². The van der Waals surface area contributed by atoms with Gasteiger partial charge in [-0.05, 0) is 13.0 Å². The van der Waals surface area contributed by atoms with Crippen LogP contribution in [0.3, 0.4) is 0 Å². The lowest BCUT2D eigenvalue weighted by molar-refractivity contribution is 0.0733. The van der Waals surface area contributed by atoms with Crippen LogP contribution in [0, 0.1) is 5.92 Å².